The molecule has 1 aromatic heterocycles. The second-order valence-corrected chi connectivity index (χ2v) is 7.77. The fourth-order valence-corrected chi connectivity index (χ4v) is 3.92. The average Bonchev–Trinajstić information content (AvgIpc) is 3.13. The van der Waals surface area contributed by atoms with Gasteiger partial charge in [0.1, 0.15) is 16.6 Å². The number of aromatic nitrogens is 2. The van der Waals surface area contributed by atoms with Gasteiger partial charge in [0.05, 0.1) is 13.2 Å². The highest BCUT2D eigenvalue weighted by molar-refractivity contribution is 6.36. The number of fused-ring (bicyclic) bond motifs is 1. The lowest BCUT2D eigenvalue weighted by atomic mass is 9.97. The highest BCUT2D eigenvalue weighted by Gasteiger charge is 2.47. The van der Waals surface area contributed by atoms with E-state index in [1.165, 1.54) is 7.11 Å². The molecule has 1 aliphatic heterocycles. The highest BCUT2D eigenvalue weighted by atomic mass is 35.5. The Kier molecular flexibility index (Phi) is 6.01. The summed E-state index contributed by atoms with van der Waals surface area (Å²) in [6, 6.07) is 13.3. The molecule has 10 heteroatoms. The van der Waals surface area contributed by atoms with Crippen LogP contribution in [0.5, 0.6) is 5.75 Å². The Bertz CT molecular complexity index is 1100. The number of benzene rings is 2. The van der Waals surface area contributed by atoms with E-state index in [1.807, 2.05) is 30.3 Å². The van der Waals surface area contributed by atoms with Crippen LogP contribution in [0.4, 0.5) is 19.0 Å². The smallest absolute Gasteiger partial charge is 0.410 e. The maximum atomic E-state index is 13.9. The number of carbonyl (C=O) groups excluding carboxylic acids is 1. The van der Waals surface area contributed by atoms with Gasteiger partial charge in [0.2, 0.25) is 0 Å². The minimum Gasteiger partial charge on any atom is -0.497 e. The molecule has 2 heterocycles. The van der Waals surface area contributed by atoms with Crippen molar-refractivity contribution in [2.24, 2.45) is 0 Å². The number of rotatable bonds is 5. The van der Waals surface area contributed by atoms with Crippen LogP contribution in [0.1, 0.15) is 40.1 Å². The van der Waals surface area contributed by atoms with Gasteiger partial charge >= 0.3 is 6.18 Å². The quantitative estimate of drug-likeness (QED) is 0.549. The van der Waals surface area contributed by atoms with Crippen LogP contribution >= 0.6 is 11.6 Å². The Morgan fingerprint density at radius 1 is 1.22 bits per heavy atom. The van der Waals surface area contributed by atoms with Crippen LogP contribution in [0.3, 0.4) is 0 Å². The fraction of sp³-hybridized carbons (Fsp3) is 0.273. The Balaban J connectivity index is 1.63. The van der Waals surface area contributed by atoms with Crippen molar-refractivity contribution in [3.05, 3.63) is 76.4 Å². The molecule has 0 saturated heterocycles. The number of nitrogens with zero attached hydrogens (tertiary/aromatic N) is 2. The van der Waals surface area contributed by atoms with Gasteiger partial charge in [-0.2, -0.15) is 18.3 Å². The van der Waals surface area contributed by atoms with E-state index in [1.54, 1.807) is 24.3 Å². The van der Waals surface area contributed by atoms with E-state index in [0.29, 0.717) is 11.3 Å². The van der Waals surface area contributed by atoms with Crippen molar-refractivity contribution in [1.82, 2.24) is 15.1 Å². The number of alkyl halides is 3. The van der Waals surface area contributed by atoms with Gasteiger partial charge in [0.15, 0.2) is 11.7 Å². The third-order valence-corrected chi connectivity index (χ3v) is 5.68. The Labute approximate surface area is 187 Å². The van der Waals surface area contributed by atoms with Gasteiger partial charge in [0, 0.05) is 13.0 Å². The Morgan fingerprint density at radius 3 is 2.53 bits per heavy atom. The molecule has 2 N–H and O–H groups in total. The lowest BCUT2D eigenvalue weighted by molar-refractivity contribution is -0.173. The van der Waals surface area contributed by atoms with Gasteiger partial charge in [-0.1, -0.05) is 54.1 Å². The van der Waals surface area contributed by atoms with E-state index >= 15 is 0 Å². The third-order valence-electron chi connectivity index (χ3n) is 5.32. The molecule has 0 unspecified atom stereocenters. The number of hydrogen-bond acceptors (Lipinski definition) is 4. The van der Waals surface area contributed by atoms with Crippen LogP contribution in [0.2, 0.25) is 5.02 Å². The number of amides is 1. The molecule has 0 bridgehead atoms. The van der Waals surface area contributed by atoms with Crippen molar-refractivity contribution in [3.8, 4) is 5.75 Å². The molecule has 6 nitrogen and oxygen atoms in total. The Morgan fingerprint density at radius 2 is 1.91 bits per heavy atom. The number of nitrogens with one attached hydrogen (secondary N) is 2. The zero-order valence-electron chi connectivity index (χ0n) is 17.0. The van der Waals surface area contributed by atoms with E-state index in [9.17, 15) is 18.0 Å². The third kappa shape index (κ3) is 4.38. The van der Waals surface area contributed by atoms with E-state index < -0.39 is 24.2 Å². The number of halogens is 4. The number of methoxy groups -OCH3 is 1. The van der Waals surface area contributed by atoms with Crippen LogP contribution in [-0.2, 0) is 6.54 Å². The summed E-state index contributed by atoms with van der Waals surface area (Å²) in [4.78, 5) is 12.6. The molecule has 0 fully saturated rings. The van der Waals surface area contributed by atoms with Gasteiger partial charge in [-0.3, -0.25) is 4.79 Å². The van der Waals surface area contributed by atoms with E-state index in [2.05, 4.69) is 15.7 Å². The summed E-state index contributed by atoms with van der Waals surface area (Å²) >= 11 is 6.34. The molecule has 32 heavy (non-hydrogen) atoms. The van der Waals surface area contributed by atoms with Crippen molar-refractivity contribution < 1.29 is 22.7 Å². The molecule has 2 atom stereocenters. The molecule has 1 amide bonds. The lowest BCUT2D eigenvalue weighted by Gasteiger charge is -2.33. The fourth-order valence-electron chi connectivity index (χ4n) is 3.65. The van der Waals surface area contributed by atoms with Crippen LogP contribution < -0.4 is 15.4 Å². The largest absolute Gasteiger partial charge is 0.497 e. The molecular weight excluding hydrogens is 445 g/mol. The molecule has 4 rings (SSSR count). The summed E-state index contributed by atoms with van der Waals surface area (Å²) in [6.07, 6.45) is -4.87. The maximum absolute atomic E-state index is 13.9. The van der Waals surface area contributed by atoms with Crippen molar-refractivity contribution >= 4 is 23.3 Å². The van der Waals surface area contributed by atoms with Crippen LogP contribution in [-0.4, -0.2) is 29.0 Å². The molecule has 1 aliphatic rings. The first kappa shape index (κ1) is 22.0. The van der Waals surface area contributed by atoms with Gasteiger partial charge in [-0.05, 0) is 23.3 Å². The topological polar surface area (TPSA) is 68.2 Å². The second-order valence-electron chi connectivity index (χ2n) is 7.39. The molecule has 3 aromatic rings. The predicted molar refractivity (Wildman–Crippen MR) is 114 cm³/mol. The first-order chi connectivity index (χ1) is 15.3. The van der Waals surface area contributed by atoms with Crippen molar-refractivity contribution in [1.29, 1.82) is 0 Å². The number of ether oxygens (including phenoxy) is 1. The Hall–Kier alpha value is -3.20. The van der Waals surface area contributed by atoms with Crippen molar-refractivity contribution in [3.63, 3.8) is 0 Å². The first-order valence-corrected chi connectivity index (χ1v) is 10.2. The molecule has 0 aliphatic carbocycles. The summed E-state index contributed by atoms with van der Waals surface area (Å²) in [7, 11) is 1.51. The second kappa shape index (κ2) is 8.74. The first-order valence-electron chi connectivity index (χ1n) is 9.85. The van der Waals surface area contributed by atoms with Gasteiger partial charge in [-0.25, -0.2) is 4.68 Å². The average molecular weight is 465 g/mol. The minimum absolute atomic E-state index is 0.0362. The molecule has 168 valence electrons. The maximum Gasteiger partial charge on any atom is 0.410 e. The van der Waals surface area contributed by atoms with Crippen molar-refractivity contribution in [2.45, 2.75) is 31.2 Å². The summed E-state index contributed by atoms with van der Waals surface area (Å²) in [5.74, 6) is -0.0900. The number of anilines is 1. The SMILES string of the molecule is COc1ccc([C@H]2C[C@H](C(F)(F)F)n3nc(C(=O)NCc4ccccc4)c(Cl)c3N2)cc1. The predicted octanol–water partition coefficient (Wildman–Crippen LogP) is 5.14. The standard InChI is InChI=1S/C22H20ClF3N4O2/c1-32-15-9-7-14(8-10-15)16-11-17(22(24,25)26)30-20(28-16)18(23)19(29-30)21(31)27-12-13-5-3-2-4-6-13/h2-10,16-17,28H,11-12H2,1H3,(H,27,31)/t16-,17-/m1/s1. The summed E-state index contributed by atoms with van der Waals surface area (Å²) in [5.41, 5.74) is 1.22. The zero-order chi connectivity index (χ0) is 22.9. The molecular formula is C22H20ClF3N4O2. The summed E-state index contributed by atoms with van der Waals surface area (Å²) in [6.45, 7) is 0.197. The number of carbonyl (C=O) groups is 1. The van der Waals surface area contributed by atoms with Gasteiger partial charge < -0.3 is 15.4 Å². The molecule has 0 spiro atoms. The summed E-state index contributed by atoms with van der Waals surface area (Å²) < 4.78 is 47.5. The van der Waals surface area contributed by atoms with Crippen LogP contribution in [0, 0.1) is 0 Å². The number of hydrogen-bond donors (Lipinski definition) is 2. The zero-order valence-corrected chi connectivity index (χ0v) is 17.7. The molecule has 0 radical (unpaired) electrons. The monoisotopic (exact) mass is 464 g/mol. The van der Waals surface area contributed by atoms with Crippen molar-refractivity contribution in [2.75, 3.05) is 12.4 Å². The van der Waals surface area contributed by atoms with Gasteiger partial charge in [0.25, 0.3) is 5.91 Å². The molecule has 2 aromatic carbocycles. The minimum atomic E-state index is -4.57. The van der Waals surface area contributed by atoms with E-state index in [-0.39, 0.29) is 29.5 Å². The highest BCUT2D eigenvalue weighted by Crippen LogP contribution is 2.46. The van der Waals surface area contributed by atoms with E-state index in [4.69, 9.17) is 16.3 Å². The van der Waals surface area contributed by atoms with Crippen LogP contribution in [0.25, 0.3) is 0 Å². The lowest BCUT2D eigenvalue weighted by Crippen LogP contribution is -2.35. The molecule has 0 saturated carbocycles. The summed E-state index contributed by atoms with van der Waals surface area (Å²) in [5, 5.41) is 9.46. The van der Waals surface area contributed by atoms with E-state index in [0.717, 1.165) is 10.2 Å². The van der Waals surface area contributed by atoms with Crippen LogP contribution in [0.15, 0.2) is 54.6 Å². The normalized spacial score (nSPS) is 17.9. The van der Waals surface area contributed by atoms with Gasteiger partial charge in [-0.15, -0.1) is 0 Å².